The molecule has 1 amide bonds. The van der Waals surface area contributed by atoms with Crippen molar-refractivity contribution in [3.63, 3.8) is 0 Å². The van der Waals surface area contributed by atoms with Crippen molar-refractivity contribution in [2.24, 2.45) is 0 Å². The number of carbonyl (C=O) groups is 1. The summed E-state index contributed by atoms with van der Waals surface area (Å²) in [6.45, 7) is 3.08. The highest BCUT2D eigenvalue weighted by Crippen LogP contribution is 2.08. The van der Waals surface area contributed by atoms with E-state index >= 15 is 0 Å². The van der Waals surface area contributed by atoms with Gasteiger partial charge in [-0.05, 0) is 24.6 Å². The molecule has 4 aromatic rings. The van der Waals surface area contributed by atoms with Gasteiger partial charge in [-0.1, -0.05) is 30.3 Å². The van der Waals surface area contributed by atoms with Gasteiger partial charge in [-0.25, -0.2) is 4.98 Å². The predicted molar refractivity (Wildman–Crippen MR) is 98.9 cm³/mol. The summed E-state index contributed by atoms with van der Waals surface area (Å²) in [6.07, 6.45) is 7.44. The van der Waals surface area contributed by atoms with Crippen molar-refractivity contribution in [3.8, 4) is 0 Å². The lowest BCUT2D eigenvalue weighted by Gasteiger charge is -2.04. The fourth-order valence-electron chi connectivity index (χ4n) is 2.89. The van der Waals surface area contributed by atoms with E-state index in [1.165, 1.54) is 5.56 Å². The van der Waals surface area contributed by atoms with Crippen LogP contribution in [0.3, 0.4) is 0 Å². The maximum atomic E-state index is 12.4. The van der Waals surface area contributed by atoms with Gasteiger partial charge in [0, 0.05) is 30.7 Å². The molecule has 3 aromatic heterocycles. The number of nitrogens with zero attached hydrogens (tertiary/aromatic N) is 4. The van der Waals surface area contributed by atoms with Crippen LogP contribution in [0.5, 0.6) is 0 Å². The summed E-state index contributed by atoms with van der Waals surface area (Å²) in [5, 5.41) is 7.30. The van der Waals surface area contributed by atoms with E-state index in [1.807, 2.05) is 52.7 Å². The Bertz CT molecular complexity index is 1050. The summed E-state index contributed by atoms with van der Waals surface area (Å²) >= 11 is 0. The van der Waals surface area contributed by atoms with Crippen LogP contribution in [-0.2, 0) is 13.1 Å². The molecule has 0 atom stereocenters. The van der Waals surface area contributed by atoms with Crippen LogP contribution in [0.1, 0.15) is 27.2 Å². The third kappa shape index (κ3) is 3.49. The van der Waals surface area contributed by atoms with E-state index in [0.29, 0.717) is 18.7 Å². The largest absolute Gasteiger partial charge is 0.348 e. The van der Waals surface area contributed by atoms with Gasteiger partial charge in [-0.15, -0.1) is 0 Å². The fraction of sp³-hybridized carbons (Fsp3) is 0.150. The Morgan fingerprint density at radius 1 is 1.04 bits per heavy atom. The van der Waals surface area contributed by atoms with Crippen molar-refractivity contribution in [2.75, 3.05) is 0 Å². The number of hydrogen-bond acceptors (Lipinski definition) is 3. The molecule has 4 rings (SSSR count). The summed E-state index contributed by atoms with van der Waals surface area (Å²) in [7, 11) is 0. The third-order valence-corrected chi connectivity index (χ3v) is 4.16. The van der Waals surface area contributed by atoms with E-state index < -0.39 is 0 Å². The van der Waals surface area contributed by atoms with Crippen LogP contribution in [0.15, 0.2) is 67.3 Å². The Hall–Kier alpha value is -3.41. The lowest BCUT2D eigenvalue weighted by molar-refractivity contribution is 0.0950. The molecule has 0 radical (unpaired) electrons. The Labute approximate surface area is 151 Å². The van der Waals surface area contributed by atoms with Crippen molar-refractivity contribution in [1.82, 2.24) is 24.5 Å². The topological polar surface area (TPSA) is 64.2 Å². The van der Waals surface area contributed by atoms with Crippen LogP contribution in [-0.4, -0.2) is 25.1 Å². The molecule has 0 bridgehead atoms. The number of nitrogens with one attached hydrogen (secondary N) is 1. The predicted octanol–water partition coefficient (Wildman–Crippen LogP) is 2.82. The highest BCUT2D eigenvalue weighted by atomic mass is 16.1. The van der Waals surface area contributed by atoms with Crippen molar-refractivity contribution in [3.05, 3.63) is 89.6 Å². The lowest BCUT2D eigenvalue weighted by atomic mass is 10.2. The van der Waals surface area contributed by atoms with Gasteiger partial charge in [0.15, 0.2) is 0 Å². The van der Waals surface area contributed by atoms with Gasteiger partial charge < -0.3 is 9.72 Å². The van der Waals surface area contributed by atoms with Crippen LogP contribution in [0.2, 0.25) is 0 Å². The molecule has 3 heterocycles. The van der Waals surface area contributed by atoms with E-state index in [1.54, 1.807) is 18.5 Å². The van der Waals surface area contributed by atoms with E-state index in [4.69, 9.17) is 0 Å². The molecular weight excluding hydrogens is 326 g/mol. The molecule has 6 nitrogen and oxygen atoms in total. The highest BCUT2D eigenvalue weighted by Gasteiger charge is 2.08. The minimum Gasteiger partial charge on any atom is -0.348 e. The van der Waals surface area contributed by atoms with E-state index in [9.17, 15) is 4.79 Å². The maximum Gasteiger partial charge on any atom is 0.253 e. The number of imidazole rings is 1. The van der Waals surface area contributed by atoms with Gasteiger partial charge >= 0.3 is 0 Å². The van der Waals surface area contributed by atoms with Crippen molar-refractivity contribution in [2.45, 2.75) is 20.0 Å². The summed E-state index contributed by atoms with van der Waals surface area (Å²) in [5.74, 6) is -0.117. The zero-order chi connectivity index (χ0) is 17.9. The second-order valence-electron chi connectivity index (χ2n) is 6.28. The van der Waals surface area contributed by atoms with E-state index in [2.05, 4.69) is 27.5 Å². The zero-order valence-electron chi connectivity index (χ0n) is 14.5. The molecule has 1 aromatic carbocycles. The number of fused-ring (bicyclic) bond motifs is 1. The zero-order valence-corrected chi connectivity index (χ0v) is 14.5. The smallest absolute Gasteiger partial charge is 0.253 e. The molecule has 0 unspecified atom stereocenters. The SMILES string of the molecule is Cc1cn2cc(C(=O)NCc3cnn(Cc4ccccc4)c3)ccc2n1. The van der Waals surface area contributed by atoms with E-state index in [0.717, 1.165) is 16.9 Å². The highest BCUT2D eigenvalue weighted by molar-refractivity contribution is 5.94. The molecule has 130 valence electrons. The maximum absolute atomic E-state index is 12.4. The van der Waals surface area contributed by atoms with Crippen LogP contribution in [0.25, 0.3) is 5.65 Å². The first-order valence-electron chi connectivity index (χ1n) is 8.46. The quantitative estimate of drug-likeness (QED) is 0.605. The van der Waals surface area contributed by atoms with Gasteiger partial charge in [0.1, 0.15) is 5.65 Å². The van der Waals surface area contributed by atoms with Crippen LogP contribution >= 0.6 is 0 Å². The molecule has 0 saturated heterocycles. The Balaban J connectivity index is 1.39. The first-order valence-corrected chi connectivity index (χ1v) is 8.46. The normalized spacial score (nSPS) is 11.0. The second kappa shape index (κ2) is 6.84. The van der Waals surface area contributed by atoms with Gasteiger partial charge in [-0.3, -0.25) is 9.48 Å². The fourth-order valence-corrected chi connectivity index (χ4v) is 2.89. The number of aromatic nitrogens is 4. The van der Waals surface area contributed by atoms with Gasteiger partial charge in [-0.2, -0.15) is 5.10 Å². The molecule has 0 aliphatic carbocycles. The first-order chi connectivity index (χ1) is 12.7. The van der Waals surface area contributed by atoms with Gasteiger partial charge in [0.2, 0.25) is 0 Å². The lowest BCUT2D eigenvalue weighted by Crippen LogP contribution is -2.22. The number of carbonyl (C=O) groups excluding carboxylic acids is 1. The third-order valence-electron chi connectivity index (χ3n) is 4.16. The van der Waals surface area contributed by atoms with Gasteiger partial charge in [0.05, 0.1) is 24.0 Å². The molecule has 0 aliphatic rings. The van der Waals surface area contributed by atoms with Crippen LogP contribution in [0.4, 0.5) is 0 Å². The standard InChI is InChI=1S/C20H19N5O/c1-15-11-24-14-18(7-8-19(24)23-15)20(26)21-9-17-10-22-25(13-17)12-16-5-3-2-4-6-16/h2-8,10-11,13-14H,9,12H2,1H3,(H,21,26). The van der Waals surface area contributed by atoms with Crippen molar-refractivity contribution < 1.29 is 4.79 Å². The monoisotopic (exact) mass is 345 g/mol. The number of benzene rings is 1. The molecule has 0 aliphatic heterocycles. The number of rotatable bonds is 5. The van der Waals surface area contributed by atoms with Crippen LogP contribution < -0.4 is 5.32 Å². The molecule has 0 saturated carbocycles. The average molecular weight is 345 g/mol. The summed E-state index contributed by atoms with van der Waals surface area (Å²) in [5.41, 5.74) is 4.52. The van der Waals surface area contributed by atoms with Crippen LogP contribution in [0, 0.1) is 6.92 Å². The minimum absolute atomic E-state index is 0.117. The number of aryl methyl sites for hydroxylation is 1. The summed E-state index contributed by atoms with van der Waals surface area (Å²) < 4.78 is 3.74. The first kappa shape index (κ1) is 16.1. The van der Waals surface area contributed by atoms with Crippen molar-refractivity contribution in [1.29, 1.82) is 0 Å². The Morgan fingerprint density at radius 2 is 1.88 bits per heavy atom. The molecule has 1 N–H and O–H groups in total. The van der Waals surface area contributed by atoms with Crippen molar-refractivity contribution >= 4 is 11.6 Å². The average Bonchev–Trinajstić information content (AvgIpc) is 3.25. The minimum atomic E-state index is -0.117. The second-order valence-corrected chi connectivity index (χ2v) is 6.28. The Kier molecular flexibility index (Phi) is 4.23. The molecular formula is C20H19N5O. The van der Waals surface area contributed by atoms with E-state index in [-0.39, 0.29) is 5.91 Å². The number of pyridine rings is 1. The molecule has 6 heteroatoms. The van der Waals surface area contributed by atoms with Gasteiger partial charge in [0.25, 0.3) is 5.91 Å². The molecule has 0 fully saturated rings. The number of amides is 1. The molecule has 0 spiro atoms. The number of hydrogen-bond donors (Lipinski definition) is 1. The summed E-state index contributed by atoms with van der Waals surface area (Å²) in [4.78, 5) is 16.8. The summed E-state index contributed by atoms with van der Waals surface area (Å²) in [6, 6.07) is 13.8. The Morgan fingerprint density at radius 3 is 2.73 bits per heavy atom. The molecule has 26 heavy (non-hydrogen) atoms.